The fraction of sp³-hybridized carbons (Fsp3) is 0.375. The zero-order chi connectivity index (χ0) is 21.0. The molecule has 31 heavy (non-hydrogen) atoms. The molecule has 5 heterocycles. The lowest BCUT2D eigenvalue weighted by molar-refractivity contribution is 0.229. The molecule has 3 aliphatic heterocycles. The van der Waals surface area contributed by atoms with E-state index in [1.807, 2.05) is 54.0 Å². The van der Waals surface area contributed by atoms with Gasteiger partial charge in [-0.1, -0.05) is 12.1 Å². The maximum atomic E-state index is 12.5. The summed E-state index contributed by atoms with van der Waals surface area (Å²) in [6, 6.07) is 13.6. The molecule has 1 saturated carbocycles. The molecule has 2 bridgehead atoms. The van der Waals surface area contributed by atoms with E-state index < -0.39 is 0 Å². The second-order valence-corrected chi connectivity index (χ2v) is 8.91. The first-order valence-electron chi connectivity index (χ1n) is 10.8. The van der Waals surface area contributed by atoms with Crippen molar-refractivity contribution in [2.24, 2.45) is 5.92 Å². The molecule has 7 heteroatoms. The van der Waals surface area contributed by atoms with Gasteiger partial charge >= 0.3 is 5.69 Å². The molecular weight excluding hydrogens is 392 g/mol. The molecule has 2 saturated heterocycles. The van der Waals surface area contributed by atoms with Crippen LogP contribution < -0.4 is 20.1 Å². The molecule has 0 radical (unpaired) electrons. The Balaban J connectivity index is 1.08. The number of nitrogens with zero attached hydrogens (tertiary/aromatic N) is 4. The van der Waals surface area contributed by atoms with Gasteiger partial charge < -0.3 is 14.4 Å². The molecule has 1 spiro atoms. The molecule has 1 aromatic carbocycles. The number of aryl methyl sites for hydroxylation is 1. The molecule has 2 aromatic heterocycles. The first kappa shape index (κ1) is 18.4. The second-order valence-electron chi connectivity index (χ2n) is 8.91. The van der Waals surface area contributed by atoms with Crippen molar-refractivity contribution in [2.75, 3.05) is 18.1 Å². The molecule has 7 rings (SSSR count). The summed E-state index contributed by atoms with van der Waals surface area (Å²) >= 11 is 0. The standard InChI is InChI=1S/C24H24N4O3/c1-16-10-20(6-8-25-16)31-19-4-2-17(3-5-19)7-9-30-21-11-22-27(23(29)26-21)15-24-12-18(13-24)14-28(22)24/h2-6,8,10-11,18H,7,9,12-15H2,1H3. The van der Waals surface area contributed by atoms with E-state index in [9.17, 15) is 4.79 Å². The Morgan fingerprint density at radius 2 is 1.97 bits per heavy atom. The van der Waals surface area contributed by atoms with Gasteiger partial charge in [-0.25, -0.2) is 4.79 Å². The third-order valence-electron chi connectivity index (χ3n) is 6.71. The summed E-state index contributed by atoms with van der Waals surface area (Å²) in [6.45, 7) is 4.23. The molecule has 0 amide bonds. The largest absolute Gasteiger partial charge is 0.477 e. The van der Waals surface area contributed by atoms with Crippen LogP contribution in [0.1, 0.15) is 24.1 Å². The van der Waals surface area contributed by atoms with Gasteiger partial charge in [0, 0.05) is 37.0 Å². The van der Waals surface area contributed by atoms with Crippen LogP contribution in [0.25, 0.3) is 0 Å². The summed E-state index contributed by atoms with van der Waals surface area (Å²) in [5.74, 6) is 3.74. The number of rotatable bonds is 6. The fourth-order valence-corrected chi connectivity index (χ4v) is 5.30. The summed E-state index contributed by atoms with van der Waals surface area (Å²) in [5.41, 5.74) is 2.03. The molecule has 158 valence electrons. The van der Waals surface area contributed by atoms with Crippen LogP contribution in [0.5, 0.6) is 17.4 Å². The summed E-state index contributed by atoms with van der Waals surface area (Å²) in [5, 5.41) is 0. The molecule has 0 atom stereocenters. The zero-order valence-electron chi connectivity index (χ0n) is 17.5. The van der Waals surface area contributed by atoms with Crippen molar-refractivity contribution in [3.05, 3.63) is 70.4 Å². The molecule has 3 fully saturated rings. The number of ether oxygens (including phenoxy) is 2. The van der Waals surface area contributed by atoms with E-state index in [0.29, 0.717) is 12.5 Å². The highest BCUT2D eigenvalue weighted by Crippen LogP contribution is 2.56. The van der Waals surface area contributed by atoms with E-state index in [4.69, 9.17) is 9.47 Å². The predicted octanol–water partition coefficient (Wildman–Crippen LogP) is 3.34. The first-order valence-corrected chi connectivity index (χ1v) is 10.8. The van der Waals surface area contributed by atoms with E-state index in [-0.39, 0.29) is 11.2 Å². The average molecular weight is 416 g/mol. The first-order chi connectivity index (χ1) is 15.1. The lowest BCUT2D eigenvalue weighted by Crippen LogP contribution is -2.44. The van der Waals surface area contributed by atoms with Gasteiger partial charge in [0.15, 0.2) is 0 Å². The normalized spacial score (nSPS) is 22.6. The topological polar surface area (TPSA) is 69.5 Å². The molecular formula is C24H24N4O3. The van der Waals surface area contributed by atoms with Crippen molar-refractivity contribution in [1.29, 1.82) is 0 Å². The number of anilines is 1. The van der Waals surface area contributed by atoms with Crippen LogP contribution in [0.2, 0.25) is 0 Å². The molecule has 3 aromatic rings. The van der Waals surface area contributed by atoms with Crippen molar-refractivity contribution in [3.8, 4) is 17.4 Å². The number of fused-ring (bicyclic) bond motifs is 1. The maximum Gasteiger partial charge on any atom is 0.352 e. The van der Waals surface area contributed by atoms with Crippen LogP contribution in [-0.2, 0) is 13.0 Å². The van der Waals surface area contributed by atoms with Crippen LogP contribution in [0, 0.1) is 12.8 Å². The Hall–Kier alpha value is -3.35. The van der Waals surface area contributed by atoms with E-state index >= 15 is 0 Å². The summed E-state index contributed by atoms with van der Waals surface area (Å²) in [7, 11) is 0. The van der Waals surface area contributed by atoms with Crippen molar-refractivity contribution < 1.29 is 9.47 Å². The third-order valence-corrected chi connectivity index (χ3v) is 6.71. The monoisotopic (exact) mass is 416 g/mol. The quantitative estimate of drug-likeness (QED) is 0.614. The van der Waals surface area contributed by atoms with E-state index in [1.165, 1.54) is 12.8 Å². The highest BCUT2D eigenvalue weighted by Gasteiger charge is 2.60. The smallest absolute Gasteiger partial charge is 0.352 e. The lowest BCUT2D eigenvalue weighted by atomic mass is 9.74. The minimum absolute atomic E-state index is 0.176. The van der Waals surface area contributed by atoms with Gasteiger partial charge in [0.2, 0.25) is 5.88 Å². The molecule has 0 unspecified atom stereocenters. The maximum absolute atomic E-state index is 12.5. The zero-order valence-corrected chi connectivity index (χ0v) is 17.5. The number of hydrogen-bond acceptors (Lipinski definition) is 6. The molecule has 1 aliphatic carbocycles. The van der Waals surface area contributed by atoms with Gasteiger partial charge in [-0.3, -0.25) is 9.55 Å². The number of benzene rings is 1. The summed E-state index contributed by atoms with van der Waals surface area (Å²) in [6.07, 6.45) is 4.86. The number of pyridine rings is 1. The van der Waals surface area contributed by atoms with E-state index in [1.54, 1.807) is 6.20 Å². The van der Waals surface area contributed by atoms with Crippen molar-refractivity contribution in [2.45, 2.75) is 38.3 Å². The van der Waals surface area contributed by atoms with Gasteiger partial charge in [0.1, 0.15) is 17.3 Å². The van der Waals surface area contributed by atoms with Crippen molar-refractivity contribution >= 4 is 5.82 Å². The summed E-state index contributed by atoms with van der Waals surface area (Å²) in [4.78, 5) is 23.2. The van der Waals surface area contributed by atoms with Crippen LogP contribution in [0.4, 0.5) is 5.82 Å². The van der Waals surface area contributed by atoms with Crippen molar-refractivity contribution in [1.82, 2.24) is 14.5 Å². The Morgan fingerprint density at radius 1 is 1.13 bits per heavy atom. The van der Waals surface area contributed by atoms with Gasteiger partial charge in [-0.05, 0) is 49.4 Å². The highest BCUT2D eigenvalue weighted by atomic mass is 16.5. The second kappa shape index (κ2) is 6.83. The van der Waals surface area contributed by atoms with Crippen LogP contribution in [0.15, 0.2) is 53.5 Å². The van der Waals surface area contributed by atoms with Gasteiger partial charge in [-0.15, -0.1) is 0 Å². The Kier molecular flexibility index (Phi) is 4.06. The van der Waals surface area contributed by atoms with Gasteiger partial charge in [0.05, 0.1) is 18.7 Å². The van der Waals surface area contributed by atoms with Crippen molar-refractivity contribution in [3.63, 3.8) is 0 Å². The molecule has 7 nitrogen and oxygen atoms in total. The minimum atomic E-state index is -0.201. The summed E-state index contributed by atoms with van der Waals surface area (Å²) < 4.78 is 13.5. The predicted molar refractivity (Wildman–Crippen MR) is 116 cm³/mol. The fourth-order valence-electron chi connectivity index (χ4n) is 5.30. The van der Waals surface area contributed by atoms with Gasteiger partial charge in [0.25, 0.3) is 0 Å². The Bertz CT molecular complexity index is 1200. The number of aromatic nitrogens is 3. The average Bonchev–Trinajstić information content (AvgIpc) is 3.36. The van der Waals surface area contributed by atoms with Crippen LogP contribution in [-0.4, -0.2) is 33.2 Å². The van der Waals surface area contributed by atoms with Gasteiger partial charge in [-0.2, -0.15) is 4.98 Å². The van der Waals surface area contributed by atoms with Crippen LogP contribution in [0.3, 0.4) is 0 Å². The minimum Gasteiger partial charge on any atom is -0.477 e. The molecule has 0 N–H and O–H groups in total. The van der Waals surface area contributed by atoms with Crippen LogP contribution >= 0.6 is 0 Å². The Morgan fingerprint density at radius 3 is 2.77 bits per heavy atom. The number of hydrogen-bond donors (Lipinski definition) is 0. The van der Waals surface area contributed by atoms with E-state index in [0.717, 1.165) is 54.0 Å². The Labute approximate surface area is 180 Å². The molecule has 4 aliphatic rings. The third kappa shape index (κ3) is 3.15. The lowest BCUT2D eigenvalue weighted by Gasteiger charge is -2.37. The SMILES string of the molecule is Cc1cc(Oc2ccc(CCOc3cc4n(c(=O)n3)CC35CC(CN43)C5)cc2)ccn1. The van der Waals surface area contributed by atoms with E-state index in [2.05, 4.69) is 14.9 Å². The highest BCUT2D eigenvalue weighted by molar-refractivity contribution is 5.54.